The van der Waals surface area contributed by atoms with Crippen molar-refractivity contribution in [1.29, 1.82) is 0 Å². The first-order valence-electron chi connectivity index (χ1n) is 7.88. The molecule has 3 heterocycles. The van der Waals surface area contributed by atoms with Gasteiger partial charge in [0.2, 0.25) is 10.9 Å². The second kappa shape index (κ2) is 6.27. The molecule has 0 saturated carbocycles. The zero-order valence-corrected chi connectivity index (χ0v) is 13.7. The Kier molecular flexibility index (Phi) is 3.97. The van der Waals surface area contributed by atoms with Crippen molar-refractivity contribution in [1.82, 2.24) is 24.7 Å². The van der Waals surface area contributed by atoms with Crippen LogP contribution in [0.4, 0.5) is 4.39 Å². The van der Waals surface area contributed by atoms with Crippen molar-refractivity contribution in [2.24, 2.45) is 0 Å². The van der Waals surface area contributed by atoms with Crippen LogP contribution >= 0.6 is 11.3 Å². The molecule has 0 unspecified atom stereocenters. The first-order chi connectivity index (χ1) is 11.7. The second-order valence-corrected chi connectivity index (χ2v) is 6.94. The first kappa shape index (κ1) is 15.2. The third kappa shape index (κ3) is 3.01. The lowest BCUT2D eigenvalue weighted by atomic mass is 9.97. The molecule has 0 bridgehead atoms. The number of fused-ring (bicyclic) bond motifs is 1. The second-order valence-electron chi connectivity index (χ2n) is 5.96. The van der Waals surface area contributed by atoms with Gasteiger partial charge in [0.15, 0.2) is 0 Å². The highest BCUT2D eigenvalue weighted by atomic mass is 32.1. The Morgan fingerprint density at radius 1 is 1.25 bits per heavy atom. The standard InChI is InChI=1S/C16H16FN5OS/c17-13-3-1-11(2-4-13)9-14(23)21-7-5-12(6-8-21)15-20-22-10-18-19-16(22)24-15/h1-4,10,12H,5-9H2. The van der Waals surface area contributed by atoms with Gasteiger partial charge in [0.25, 0.3) is 0 Å². The topological polar surface area (TPSA) is 63.4 Å². The van der Waals surface area contributed by atoms with E-state index in [4.69, 9.17) is 0 Å². The molecular weight excluding hydrogens is 329 g/mol. The zero-order chi connectivity index (χ0) is 16.5. The number of carbonyl (C=O) groups excluding carboxylic acids is 1. The summed E-state index contributed by atoms with van der Waals surface area (Å²) in [6.45, 7) is 1.45. The Hall–Kier alpha value is -2.35. The lowest BCUT2D eigenvalue weighted by molar-refractivity contribution is -0.131. The third-order valence-electron chi connectivity index (χ3n) is 4.37. The van der Waals surface area contributed by atoms with E-state index in [1.807, 2.05) is 4.90 Å². The van der Waals surface area contributed by atoms with Crippen molar-refractivity contribution in [3.05, 3.63) is 47.0 Å². The first-order valence-corrected chi connectivity index (χ1v) is 8.69. The molecule has 1 saturated heterocycles. The average molecular weight is 345 g/mol. The summed E-state index contributed by atoms with van der Waals surface area (Å²) in [5, 5.41) is 13.4. The lowest BCUT2D eigenvalue weighted by Crippen LogP contribution is -2.38. The molecule has 1 aliphatic heterocycles. The number of aromatic nitrogens is 4. The maximum atomic E-state index is 12.9. The van der Waals surface area contributed by atoms with Gasteiger partial charge in [-0.15, -0.1) is 10.2 Å². The van der Waals surface area contributed by atoms with Gasteiger partial charge in [-0.1, -0.05) is 23.5 Å². The highest BCUT2D eigenvalue weighted by Crippen LogP contribution is 2.30. The number of piperidine rings is 1. The summed E-state index contributed by atoms with van der Waals surface area (Å²) in [5.41, 5.74) is 0.845. The largest absolute Gasteiger partial charge is 0.342 e. The van der Waals surface area contributed by atoms with Crippen molar-refractivity contribution >= 4 is 22.2 Å². The lowest BCUT2D eigenvalue weighted by Gasteiger charge is -2.31. The predicted octanol–water partition coefficient (Wildman–Crippen LogP) is 2.27. The summed E-state index contributed by atoms with van der Waals surface area (Å²) < 4.78 is 14.6. The quantitative estimate of drug-likeness (QED) is 0.730. The number of amides is 1. The minimum absolute atomic E-state index is 0.0956. The smallest absolute Gasteiger partial charge is 0.234 e. The molecule has 1 aromatic carbocycles. The van der Waals surface area contributed by atoms with Crippen molar-refractivity contribution in [3.63, 3.8) is 0 Å². The molecule has 4 rings (SSSR count). The van der Waals surface area contributed by atoms with E-state index in [0.717, 1.165) is 41.5 Å². The van der Waals surface area contributed by atoms with Crippen LogP contribution in [0.2, 0.25) is 0 Å². The number of carbonyl (C=O) groups is 1. The van der Waals surface area contributed by atoms with Gasteiger partial charge >= 0.3 is 0 Å². The van der Waals surface area contributed by atoms with E-state index in [1.54, 1.807) is 34.3 Å². The monoisotopic (exact) mass is 345 g/mol. The van der Waals surface area contributed by atoms with Gasteiger partial charge in [0.05, 0.1) is 6.42 Å². The Labute approximate surface area is 141 Å². The van der Waals surface area contributed by atoms with Crippen molar-refractivity contribution in [3.8, 4) is 0 Å². The number of hydrogen-bond acceptors (Lipinski definition) is 5. The summed E-state index contributed by atoms with van der Waals surface area (Å²) >= 11 is 1.56. The van der Waals surface area contributed by atoms with E-state index < -0.39 is 0 Å². The van der Waals surface area contributed by atoms with E-state index in [1.165, 1.54) is 12.1 Å². The summed E-state index contributed by atoms with van der Waals surface area (Å²) in [5.74, 6) is 0.182. The molecule has 24 heavy (non-hydrogen) atoms. The maximum absolute atomic E-state index is 12.9. The van der Waals surface area contributed by atoms with Crippen molar-refractivity contribution in [2.75, 3.05) is 13.1 Å². The summed E-state index contributed by atoms with van der Waals surface area (Å²) in [6.07, 6.45) is 3.73. The normalized spacial score (nSPS) is 16.0. The Bertz CT molecular complexity index is 822. The molecule has 1 amide bonds. The molecule has 3 aromatic rings. The molecule has 0 atom stereocenters. The average Bonchev–Trinajstić information content (AvgIpc) is 3.19. The van der Waals surface area contributed by atoms with Gasteiger partial charge in [-0.25, -0.2) is 4.39 Å². The molecule has 6 nitrogen and oxygen atoms in total. The van der Waals surface area contributed by atoms with E-state index in [0.29, 0.717) is 12.3 Å². The van der Waals surface area contributed by atoms with Crippen molar-refractivity contribution < 1.29 is 9.18 Å². The zero-order valence-electron chi connectivity index (χ0n) is 12.9. The minimum Gasteiger partial charge on any atom is -0.342 e. The highest BCUT2D eigenvalue weighted by molar-refractivity contribution is 7.16. The van der Waals surface area contributed by atoms with Crippen LogP contribution in [-0.4, -0.2) is 43.7 Å². The van der Waals surface area contributed by atoms with Crippen LogP contribution in [0, 0.1) is 5.82 Å². The molecule has 2 aromatic heterocycles. The molecule has 1 fully saturated rings. The molecule has 0 radical (unpaired) electrons. The molecule has 0 aliphatic carbocycles. The van der Waals surface area contributed by atoms with Crippen LogP contribution in [-0.2, 0) is 11.2 Å². The third-order valence-corrected chi connectivity index (χ3v) is 5.44. The van der Waals surface area contributed by atoms with Gasteiger partial charge in [0.1, 0.15) is 17.2 Å². The van der Waals surface area contributed by atoms with Gasteiger partial charge in [-0.05, 0) is 30.5 Å². The SMILES string of the molecule is O=C(Cc1ccc(F)cc1)N1CCC(c2nn3cnnc3s2)CC1. The minimum atomic E-state index is -0.281. The molecule has 1 aliphatic rings. The predicted molar refractivity (Wildman–Crippen MR) is 87.3 cm³/mol. The summed E-state index contributed by atoms with van der Waals surface area (Å²) in [4.78, 5) is 15.1. The fourth-order valence-corrected chi connectivity index (χ4v) is 3.99. The number of hydrogen-bond donors (Lipinski definition) is 0. The molecular formula is C16H16FN5OS. The van der Waals surface area contributed by atoms with Crippen LogP contribution in [0.3, 0.4) is 0 Å². The molecule has 0 spiro atoms. The fraction of sp³-hybridized carbons (Fsp3) is 0.375. The van der Waals surface area contributed by atoms with E-state index in [-0.39, 0.29) is 11.7 Å². The molecule has 124 valence electrons. The van der Waals surface area contributed by atoms with Gasteiger partial charge < -0.3 is 4.90 Å². The Morgan fingerprint density at radius 2 is 2.00 bits per heavy atom. The van der Waals surface area contributed by atoms with Crippen LogP contribution in [0.5, 0.6) is 0 Å². The Balaban J connectivity index is 1.36. The van der Waals surface area contributed by atoms with Crippen molar-refractivity contribution in [2.45, 2.75) is 25.2 Å². The number of benzene rings is 1. The summed E-state index contributed by atoms with van der Waals surface area (Å²) in [7, 11) is 0. The fourth-order valence-electron chi connectivity index (χ4n) is 3.00. The van der Waals surface area contributed by atoms with Gasteiger partial charge in [-0.3, -0.25) is 4.79 Å². The Morgan fingerprint density at radius 3 is 2.71 bits per heavy atom. The van der Waals surface area contributed by atoms with Crippen LogP contribution in [0.1, 0.15) is 29.3 Å². The van der Waals surface area contributed by atoms with E-state index >= 15 is 0 Å². The van der Waals surface area contributed by atoms with Gasteiger partial charge in [0, 0.05) is 19.0 Å². The number of halogens is 1. The van der Waals surface area contributed by atoms with E-state index in [2.05, 4.69) is 15.3 Å². The number of nitrogens with zero attached hydrogens (tertiary/aromatic N) is 5. The number of likely N-dealkylation sites (tertiary alicyclic amines) is 1. The molecule has 0 N–H and O–H groups in total. The van der Waals surface area contributed by atoms with Gasteiger partial charge in [-0.2, -0.15) is 9.61 Å². The number of rotatable bonds is 3. The van der Waals surface area contributed by atoms with Crippen LogP contribution in [0.15, 0.2) is 30.6 Å². The maximum Gasteiger partial charge on any atom is 0.234 e. The van der Waals surface area contributed by atoms with Crippen LogP contribution in [0.25, 0.3) is 4.96 Å². The van der Waals surface area contributed by atoms with E-state index in [9.17, 15) is 9.18 Å². The highest BCUT2D eigenvalue weighted by Gasteiger charge is 2.26. The molecule has 8 heteroatoms. The summed E-state index contributed by atoms with van der Waals surface area (Å²) in [6, 6.07) is 6.11. The van der Waals surface area contributed by atoms with Crippen LogP contribution < -0.4 is 0 Å².